The largest absolute Gasteiger partial charge is 0.456 e. The van der Waals surface area contributed by atoms with Crippen molar-refractivity contribution >= 4 is 11.6 Å². The average Bonchev–Trinajstić information content (AvgIpc) is 2.36. The van der Waals surface area contributed by atoms with E-state index in [0.29, 0.717) is 5.56 Å². The van der Waals surface area contributed by atoms with Crippen LogP contribution in [-0.2, 0) is 0 Å². The lowest BCUT2D eigenvalue weighted by atomic mass is 10.2. The number of ether oxygens (including phenoxy) is 1. The van der Waals surface area contributed by atoms with Crippen molar-refractivity contribution in [2.24, 2.45) is 0 Å². The molecule has 0 aliphatic carbocycles. The molecule has 5 heteroatoms. The lowest BCUT2D eigenvalue weighted by Gasteiger charge is -2.07. The predicted molar refractivity (Wildman–Crippen MR) is 62.6 cm³/mol. The van der Waals surface area contributed by atoms with E-state index in [1.807, 2.05) is 6.07 Å². The second kappa shape index (κ2) is 5.03. The van der Waals surface area contributed by atoms with Crippen molar-refractivity contribution in [3.05, 3.63) is 58.6 Å². The van der Waals surface area contributed by atoms with E-state index < -0.39 is 11.6 Å². The molecule has 0 saturated carbocycles. The van der Waals surface area contributed by atoms with Crippen LogP contribution >= 0.6 is 11.6 Å². The number of benzene rings is 2. The fourth-order valence-corrected chi connectivity index (χ4v) is 1.54. The standard InChI is InChI=1S/C13H6ClF2NO/c14-10-5-8(7-17)1-4-13(10)18-9-2-3-11(15)12(16)6-9/h1-6H. The van der Waals surface area contributed by atoms with Gasteiger partial charge >= 0.3 is 0 Å². The normalized spacial score (nSPS) is 9.89. The highest BCUT2D eigenvalue weighted by atomic mass is 35.5. The molecule has 0 heterocycles. The van der Waals surface area contributed by atoms with Gasteiger partial charge in [-0.15, -0.1) is 0 Å². The van der Waals surface area contributed by atoms with Gasteiger partial charge in [0.1, 0.15) is 11.5 Å². The second-order valence-electron chi connectivity index (χ2n) is 3.43. The van der Waals surface area contributed by atoms with Crippen LogP contribution in [0.1, 0.15) is 5.56 Å². The van der Waals surface area contributed by atoms with Gasteiger partial charge in [0.05, 0.1) is 16.7 Å². The van der Waals surface area contributed by atoms with Gasteiger partial charge in [-0.1, -0.05) is 11.6 Å². The van der Waals surface area contributed by atoms with Gasteiger partial charge in [0.25, 0.3) is 0 Å². The molecule has 0 atom stereocenters. The monoisotopic (exact) mass is 265 g/mol. The Bertz CT molecular complexity index is 637. The number of nitrogens with zero attached hydrogens (tertiary/aromatic N) is 1. The summed E-state index contributed by atoms with van der Waals surface area (Å²) in [5.74, 6) is -1.56. The Morgan fingerprint density at radius 2 is 1.83 bits per heavy atom. The molecule has 0 aliphatic heterocycles. The predicted octanol–water partition coefficient (Wildman–Crippen LogP) is 4.28. The maximum absolute atomic E-state index is 13.0. The molecule has 0 saturated heterocycles. The minimum atomic E-state index is -1.00. The molecular weight excluding hydrogens is 260 g/mol. The summed E-state index contributed by atoms with van der Waals surface area (Å²) in [4.78, 5) is 0. The smallest absolute Gasteiger partial charge is 0.162 e. The van der Waals surface area contributed by atoms with Gasteiger partial charge in [-0.2, -0.15) is 5.26 Å². The first-order chi connectivity index (χ1) is 8.60. The van der Waals surface area contributed by atoms with Gasteiger partial charge in [-0.25, -0.2) is 8.78 Å². The minimum absolute atomic E-state index is 0.125. The highest BCUT2D eigenvalue weighted by Crippen LogP contribution is 2.30. The minimum Gasteiger partial charge on any atom is -0.456 e. The van der Waals surface area contributed by atoms with E-state index in [-0.39, 0.29) is 16.5 Å². The molecule has 90 valence electrons. The Balaban J connectivity index is 2.29. The summed E-state index contributed by atoms with van der Waals surface area (Å²) in [5.41, 5.74) is 0.387. The van der Waals surface area contributed by atoms with Crippen molar-refractivity contribution in [2.75, 3.05) is 0 Å². The van der Waals surface area contributed by atoms with Gasteiger partial charge < -0.3 is 4.74 Å². The zero-order chi connectivity index (χ0) is 13.1. The van der Waals surface area contributed by atoms with E-state index >= 15 is 0 Å². The first kappa shape index (κ1) is 12.3. The molecule has 18 heavy (non-hydrogen) atoms. The van der Waals surface area contributed by atoms with Crippen LogP contribution in [0.5, 0.6) is 11.5 Å². The van der Waals surface area contributed by atoms with Gasteiger partial charge in [0, 0.05) is 6.07 Å². The van der Waals surface area contributed by atoms with Crippen molar-refractivity contribution in [1.82, 2.24) is 0 Å². The molecule has 0 aliphatic rings. The summed E-state index contributed by atoms with van der Waals surface area (Å²) in [6.07, 6.45) is 0. The van der Waals surface area contributed by atoms with Crippen LogP contribution in [0.15, 0.2) is 36.4 Å². The van der Waals surface area contributed by atoms with Crippen LogP contribution in [0.3, 0.4) is 0 Å². The molecule has 0 amide bonds. The number of nitriles is 1. The summed E-state index contributed by atoms with van der Waals surface area (Å²) in [6, 6.07) is 9.52. The van der Waals surface area contributed by atoms with Gasteiger partial charge in [0.15, 0.2) is 11.6 Å². The van der Waals surface area contributed by atoms with Gasteiger partial charge in [0.2, 0.25) is 0 Å². The van der Waals surface area contributed by atoms with Gasteiger partial charge in [-0.3, -0.25) is 0 Å². The molecule has 0 N–H and O–H groups in total. The van der Waals surface area contributed by atoms with Crippen LogP contribution in [-0.4, -0.2) is 0 Å². The van der Waals surface area contributed by atoms with Gasteiger partial charge in [-0.05, 0) is 30.3 Å². The van der Waals surface area contributed by atoms with Crippen molar-refractivity contribution in [3.8, 4) is 17.6 Å². The van der Waals surface area contributed by atoms with E-state index in [9.17, 15) is 8.78 Å². The maximum Gasteiger partial charge on any atom is 0.162 e. The maximum atomic E-state index is 13.0. The quantitative estimate of drug-likeness (QED) is 0.812. The van der Waals surface area contributed by atoms with E-state index in [0.717, 1.165) is 12.1 Å². The summed E-state index contributed by atoms with van der Waals surface area (Å²) >= 11 is 5.89. The van der Waals surface area contributed by atoms with Crippen LogP contribution in [0, 0.1) is 23.0 Å². The molecular formula is C13H6ClF2NO. The SMILES string of the molecule is N#Cc1ccc(Oc2ccc(F)c(F)c2)c(Cl)c1. The summed E-state index contributed by atoms with van der Waals surface area (Å²) < 4.78 is 31.0. The van der Waals surface area contributed by atoms with Crippen molar-refractivity contribution in [3.63, 3.8) is 0 Å². The lowest BCUT2D eigenvalue weighted by Crippen LogP contribution is -1.89. The highest BCUT2D eigenvalue weighted by Gasteiger charge is 2.07. The fraction of sp³-hybridized carbons (Fsp3) is 0. The first-order valence-corrected chi connectivity index (χ1v) is 5.30. The summed E-state index contributed by atoms with van der Waals surface area (Å²) in [6.45, 7) is 0. The van der Waals surface area contributed by atoms with Crippen molar-refractivity contribution in [2.45, 2.75) is 0 Å². The molecule has 0 spiro atoms. The third-order valence-electron chi connectivity index (χ3n) is 2.18. The Labute approximate surface area is 107 Å². The van der Waals surface area contributed by atoms with Crippen molar-refractivity contribution in [1.29, 1.82) is 5.26 Å². The Morgan fingerprint density at radius 1 is 1.06 bits per heavy atom. The number of hydrogen-bond donors (Lipinski definition) is 0. The summed E-state index contributed by atoms with van der Waals surface area (Å²) in [7, 11) is 0. The fourth-order valence-electron chi connectivity index (χ4n) is 1.32. The zero-order valence-corrected chi connectivity index (χ0v) is 9.71. The Hall–Kier alpha value is -2.12. The first-order valence-electron chi connectivity index (χ1n) is 4.92. The molecule has 0 unspecified atom stereocenters. The molecule has 2 nitrogen and oxygen atoms in total. The van der Waals surface area contributed by atoms with Crippen molar-refractivity contribution < 1.29 is 13.5 Å². The molecule has 0 fully saturated rings. The summed E-state index contributed by atoms with van der Waals surface area (Å²) in [5, 5.41) is 8.89. The third kappa shape index (κ3) is 2.58. The molecule has 2 aromatic rings. The topological polar surface area (TPSA) is 33.0 Å². The molecule has 2 aromatic carbocycles. The van der Waals surface area contributed by atoms with Crippen LogP contribution in [0.25, 0.3) is 0 Å². The number of halogens is 3. The van der Waals surface area contributed by atoms with E-state index in [1.54, 1.807) is 0 Å². The Kier molecular flexibility index (Phi) is 3.45. The van der Waals surface area contributed by atoms with Crippen LogP contribution in [0.2, 0.25) is 5.02 Å². The lowest BCUT2D eigenvalue weighted by molar-refractivity contribution is 0.461. The Morgan fingerprint density at radius 3 is 2.44 bits per heavy atom. The van der Waals surface area contributed by atoms with E-state index in [4.69, 9.17) is 21.6 Å². The van der Waals surface area contributed by atoms with Crippen LogP contribution < -0.4 is 4.74 Å². The number of rotatable bonds is 2. The molecule has 0 radical (unpaired) electrons. The van der Waals surface area contributed by atoms with E-state index in [2.05, 4.69) is 0 Å². The second-order valence-corrected chi connectivity index (χ2v) is 3.84. The number of hydrogen-bond acceptors (Lipinski definition) is 2. The molecule has 0 aromatic heterocycles. The molecule has 0 bridgehead atoms. The third-order valence-corrected chi connectivity index (χ3v) is 2.48. The average molecular weight is 266 g/mol. The highest BCUT2D eigenvalue weighted by molar-refractivity contribution is 6.32. The van der Waals surface area contributed by atoms with E-state index in [1.165, 1.54) is 24.3 Å². The zero-order valence-electron chi connectivity index (χ0n) is 8.95. The van der Waals surface area contributed by atoms with Crippen LogP contribution in [0.4, 0.5) is 8.78 Å². The molecule has 2 rings (SSSR count).